The normalized spacial score (nSPS) is 10.2. The van der Waals surface area contributed by atoms with E-state index in [4.69, 9.17) is 0 Å². The number of carbonyl (C=O) groups is 1. The molecule has 0 heterocycles. The number of nitrogens with one attached hydrogen (secondary N) is 2. The lowest BCUT2D eigenvalue weighted by atomic mass is 10.2. The molecule has 0 aliphatic carbocycles. The van der Waals surface area contributed by atoms with Crippen LogP contribution in [0.2, 0.25) is 0 Å². The van der Waals surface area contributed by atoms with Crippen LogP contribution >= 0.6 is 31.9 Å². The first-order chi connectivity index (χ1) is 11.0. The number of nitro groups is 1. The topological polar surface area (TPSA) is 84.3 Å². The van der Waals surface area contributed by atoms with Crippen molar-refractivity contribution in [3.8, 4) is 0 Å². The summed E-state index contributed by atoms with van der Waals surface area (Å²) in [6.07, 6.45) is 0.186. The van der Waals surface area contributed by atoms with Gasteiger partial charge in [-0.25, -0.2) is 0 Å². The summed E-state index contributed by atoms with van der Waals surface area (Å²) in [7, 11) is 0. The molecule has 0 radical (unpaired) electrons. The molecule has 0 fully saturated rings. The molecule has 0 aliphatic rings. The molecule has 120 valence electrons. The van der Waals surface area contributed by atoms with E-state index in [1.54, 1.807) is 24.3 Å². The molecule has 0 aromatic heterocycles. The zero-order valence-electron chi connectivity index (χ0n) is 11.9. The van der Waals surface area contributed by atoms with E-state index in [9.17, 15) is 14.9 Å². The Morgan fingerprint density at radius 1 is 1.13 bits per heavy atom. The van der Waals surface area contributed by atoms with Crippen molar-refractivity contribution >= 4 is 54.8 Å². The summed E-state index contributed by atoms with van der Waals surface area (Å²) in [6.45, 7) is 0.294. The van der Waals surface area contributed by atoms with Gasteiger partial charge in [-0.05, 0) is 40.2 Å². The lowest BCUT2D eigenvalue weighted by Crippen LogP contribution is -2.16. The third-order valence-corrected chi connectivity index (χ3v) is 4.16. The van der Waals surface area contributed by atoms with Crippen molar-refractivity contribution in [1.82, 2.24) is 0 Å². The zero-order chi connectivity index (χ0) is 16.8. The molecule has 0 saturated heterocycles. The number of hydrogen-bond acceptors (Lipinski definition) is 4. The molecular formula is C15H13Br2N3O3. The van der Waals surface area contributed by atoms with Crippen LogP contribution in [0.5, 0.6) is 0 Å². The predicted molar refractivity (Wildman–Crippen MR) is 96.7 cm³/mol. The first kappa shape index (κ1) is 17.4. The summed E-state index contributed by atoms with van der Waals surface area (Å²) < 4.78 is 1.63. The smallest absolute Gasteiger partial charge is 0.292 e. The molecule has 0 bridgehead atoms. The van der Waals surface area contributed by atoms with Crippen molar-refractivity contribution in [3.63, 3.8) is 0 Å². The van der Waals surface area contributed by atoms with Crippen molar-refractivity contribution in [2.24, 2.45) is 0 Å². The van der Waals surface area contributed by atoms with Crippen LogP contribution in [0.1, 0.15) is 6.42 Å². The van der Waals surface area contributed by atoms with Crippen LogP contribution in [-0.4, -0.2) is 17.4 Å². The first-order valence-electron chi connectivity index (χ1n) is 6.69. The molecule has 8 heteroatoms. The van der Waals surface area contributed by atoms with Gasteiger partial charge in [-0.3, -0.25) is 14.9 Å². The molecule has 0 spiro atoms. The Morgan fingerprint density at radius 3 is 2.61 bits per heavy atom. The van der Waals surface area contributed by atoms with Crippen molar-refractivity contribution in [2.75, 3.05) is 17.2 Å². The Bertz CT molecular complexity index is 738. The third kappa shape index (κ3) is 5.04. The Kier molecular flexibility index (Phi) is 6.12. The summed E-state index contributed by atoms with van der Waals surface area (Å²) in [6, 6.07) is 11.8. The van der Waals surface area contributed by atoms with Crippen LogP contribution in [0, 0.1) is 10.1 Å². The summed E-state index contributed by atoms with van der Waals surface area (Å²) in [5, 5.41) is 16.6. The van der Waals surface area contributed by atoms with Crippen molar-refractivity contribution in [3.05, 3.63) is 61.5 Å². The monoisotopic (exact) mass is 441 g/mol. The maximum Gasteiger partial charge on any atom is 0.292 e. The number of nitro benzene ring substituents is 1. The molecular weight excluding hydrogens is 430 g/mol. The van der Waals surface area contributed by atoms with Crippen molar-refractivity contribution < 1.29 is 9.72 Å². The van der Waals surface area contributed by atoms with Gasteiger partial charge < -0.3 is 10.6 Å². The third-order valence-electron chi connectivity index (χ3n) is 2.97. The molecule has 23 heavy (non-hydrogen) atoms. The number of anilines is 2. The van der Waals surface area contributed by atoms with Gasteiger partial charge in [0.1, 0.15) is 5.69 Å². The van der Waals surface area contributed by atoms with E-state index in [0.717, 1.165) is 8.95 Å². The second kappa shape index (κ2) is 8.07. The highest BCUT2D eigenvalue weighted by molar-refractivity contribution is 9.11. The van der Waals surface area contributed by atoms with E-state index in [-0.39, 0.29) is 18.0 Å². The Morgan fingerprint density at radius 2 is 1.87 bits per heavy atom. The van der Waals surface area contributed by atoms with Gasteiger partial charge in [-0.15, -0.1) is 0 Å². The molecule has 0 atom stereocenters. The zero-order valence-corrected chi connectivity index (χ0v) is 15.1. The van der Waals surface area contributed by atoms with E-state index in [0.29, 0.717) is 17.9 Å². The van der Waals surface area contributed by atoms with E-state index < -0.39 is 4.92 Å². The van der Waals surface area contributed by atoms with Crippen LogP contribution < -0.4 is 10.6 Å². The standard InChI is InChI=1S/C15H13Br2N3O3/c16-10-5-6-11(17)13(9-10)19-15(21)7-8-18-12-3-1-2-4-14(12)20(22)23/h1-6,9,18H,7-8H2,(H,19,21). The number of amides is 1. The average molecular weight is 443 g/mol. The van der Waals surface area contributed by atoms with Gasteiger partial charge >= 0.3 is 0 Å². The molecule has 6 nitrogen and oxygen atoms in total. The average Bonchev–Trinajstić information content (AvgIpc) is 2.51. The highest BCUT2D eigenvalue weighted by atomic mass is 79.9. The lowest BCUT2D eigenvalue weighted by Gasteiger charge is -2.09. The van der Waals surface area contributed by atoms with Gasteiger partial charge in [-0.2, -0.15) is 0 Å². The fourth-order valence-electron chi connectivity index (χ4n) is 1.90. The molecule has 0 unspecified atom stereocenters. The number of halogens is 2. The lowest BCUT2D eigenvalue weighted by molar-refractivity contribution is -0.384. The molecule has 2 aromatic carbocycles. The highest BCUT2D eigenvalue weighted by Crippen LogP contribution is 2.26. The van der Waals surface area contributed by atoms with Gasteiger partial charge in [0, 0.05) is 28.0 Å². The first-order valence-corrected chi connectivity index (χ1v) is 8.28. The van der Waals surface area contributed by atoms with E-state index in [2.05, 4.69) is 42.5 Å². The second-order valence-corrected chi connectivity index (χ2v) is 6.39. The van der Waals surface area contributed by atoms with Gasteiger partial charge in [-0.1, -0.05) is 28.1 Å². The van der Waals surface area contributed by atoms with Gasteiger partial charge in [0.15, 0.2) is 0 Å². The predicted octanol–water partition coefficient (Wildman–Crippen LogP) is 4.56. The fourth-order valence-corrected chi connectivity index (χ4v) is 2.61. The molecule has 2 aromatic rings. The van der Waals surface area contributed by atoms with Crippen LogP contribution in [0.3, 0.4) is 0 Å². The quantitative estimate of drug-likeness (QED) is 0.507. The van der Waals surface area contributed by atoms with Gasteiger partial charge in [0.25, 0.3) is 5.69 Å². The number of nitrogens with zero attached hydrogens (tertiary/aromatic N) is 1. The summed E-state index contributed by atoms with van der Waals surface area (Å²) in [5.74, 6) is -0.185. The SMILES string of the molecule is O=C(CCNc1ccccc1[N+](=O)[O-])Nc1cc(Br)ccc1Br. The van der Waals surface area contributed by atoms with Crippen LogP contribution in [0.4, 0.5) is 17.1 Å². The molecule has 2 rings (SSSR count). The van der Waals surface area contributed by atoms with E-state index in [1.807, 2.05) is 12.1 Å². The minimum Gasteiger partial charge on any atom is -0.379 e. The molecule has 2 N–H and O–H groups in total. The van der Waals surface area contributed by atoms with Crippen LogP contribution in [0.25, 0.3) is 0 Å². The summed E-state index contributed by atoms with van der Waals surface area (Å²) in [4.78, 5) is 22.4. The number of rotatable bonds is 6. The number of para-hydroxylation sites is 2. The number of carbonyl (C=O) groups excluding carboxylic acids is 1. The Labute approximate surface area is 149 Å². The van der Waals surface area contributed by atoms with Crippen molar-refractivity contribution in [2.45, 2.75) is 6.42 Å². The van der Waals surface area contributed by atoms with E-state index in [1.165, 1.54) is 6.07 Å². The summed E-state index contributed by atoms with van der Waals surface area (Å²) in [5.41, 5.74) is 1.05. The maximum absolute atomic E-state index is 12.0. The number of hydrogen-bond donors (Lipinski definition) is 2. The van der Waals surface area contributed by atoms with Crippen molar-refractivity contribution in [1.29, 1.82) is 0 Å². The van der Waals surface area contributed by atoms with E-state index >= 15 is 0 Å². The molecule has 1 amide bonds. The van der Waals surface area contributed by atoms with Gasteiger partial charge in [0.2, 0.25) is 5.91 Å². The van der Waals surface area contributed by atoms with Gasteiger partial charge in [0.05, 0.1) is 10.6 Å². The fraction of sp³-hybridized carbons (Fsp3) is 0.133. The Balaban J connectivity index is 1.90. The van der Waals surface area contributed by atoms with Crippen LogP contribution in [-0.2, 0) is 4.79 Å². The second-order valence-electron chi connectivity index (χ2n) is 4.62. The van der Waals surface area contributed by atoms with Crippen LogP contribution in [0.15, 0.2) is 51.4 Å². The summed E-state index contributed by atoms with van der Waals surface area (Å²) >= 11 is 6.71. The molecule has 0 saturated carbocycles. The minimum atomic E-state index is -0.457. The minimum absolute atomic E-state index is 0.0114. The number of benzene rings is 2. The Hall–Kier alpha value is -1.93. The highest BCUT2D eigenvalue weighted by Gasteiger charge is 2.12. The molecule has 0 aliphatic heterocycles. The largest absolute Gasteiger partial charge is 0.379 e. The maximum atomic E-state index is 12.0.